The number of fused-ring (bicyclic) bond motifs is 2. The van der Waals surface area contributed by atoms with E-state index < -0.39 is 6.04 Å². The molecule has 1 aliphatic heterocycles. The molecule has 0 bridgehead atoms. The zero-order valence-corrected chi connectivity index (χ0v) is 20.6. The summed E-state index contributed by atoms with van der Waals surface area (Å²) in [6.07, 6.45) is 0. The van der Waals surface area contributed by atoms with Gasteiger partial charge in [0.1, 0.15) is 5.58 Å². The molecule has 8 nitrogen and oxygen atoms in total. The second-order valence-corrected chi connectivity index (χ2v) is 8.77. The van der Waals surface area contributed by atoms with Crippen LogP contribution in [0.3, 0.4) is 0 Å². The minimum absolute atomic E-state index is 0.0817. The van der Waals surface area contributed by atoms with Gasteiger partial charge in [-0.15, -0.1) is 0 Å². The predicted octanol–water partition coefficient (Wildman–Crippen LogP) is 3.54. The standard InChI is InChI=1S/C26H30N2O6/c1-14-10-17-18(11-15(14)2)34-25-21(23(17)29)22(28(26(25)30)9-8-27(3)4)16-12-19(31-5)24(33-7)20(13-16)32-6/h10-13,22H,8-9H2,1-7H3. The van der Waals surface area contributed by atoms with E-state index in [9.17, 15) is 9.59 Å². The lowest BCUT2D eigenvalue weighted by atomic mass is 9.96. The van der Waals surface area contributed by atoms with Crippen molar-refractivity contribution in [1.82, 2.24) is 9.80 Å². The van der Waals surface area contributed by atoms with E-state index in [0.717, 1.165) is 11.1 Å². The molecule has 0 saturated heterocycles. The van der Waals surface area contributed by atoms with Crippen LogP contribution in [-0.4, -0.2) is 64.2 Å². The molecule has 3 aromatic rings. The number of methoxy groups -OCH3 is 3. The van der Waals surface area contributed by atoms with Crippen LogP contribution in [-0.2, 0) is 0 Å². The van der Waals surface area contributed by atoms with Crippen molar-refractivity contribution in [2.24, 2.45) is 0 Å². The summed E-state index contributed by atoms with van der Waals surface area (Å²) in [7, 11) is 8.47. The Bertz CT molecular complexity index is 1300. The molecule has 1 atom stereocenters. The molecule has 1 aliphatic rings. The Balaban J connectivity index is 2.00. The van der Waals surface area contributed by atoms with Gasteiger partial charge in [0, 0.05) is 13.1 Å². The molecule has 34 heavy (non-hydrogen) atoms. The number of rotatable bonds is 7. The van der Waals surface area contributed by atoms with E-state index in [2.05, 4.69) is 0 Å². The molecule has 2 aromatic carbocycles. The van der Waals surface area contributed by atoms with E-state index in [0.29, 0.717) is 52.4 Å². The zero-order valence-electron chi connectivity index (χ0n) is 20.6. The third-order valence-corrected chi connectivity index (χ3v) is 6.37. The predicted molar refractivity (Wildman–Crippen MR) is 129 cm³/mol. The Morgan fingerprint density at radius 3 is 2.12 bits per heavy atom. The third kappa shape index (κ3) is 3.77. The van der Waals surface area contributed by atoms with Crippen LogP contribution in [0, 0.1) is 13.8 Å². The normalized spacial score (nSPS) is 15.2. The topological polar surface area (TPSA) is 81.5 Å². The number of carbonyl (C=O) groups excluding carboxylic acids is 1. The van der Waals surface area contributed by atoms with Crippen molar-refractivity contribution in [3.05, 3.63) is 62.5 Å². The number of aryl methyl sites for hydroxylation is 2. The second kappa shape index (κ2) is 9.02. The van der Waals surface area contributed by atoms with Gasteiger partial charge in [-0.1, -0.05) is 0 Å². The van der Waals surface area contributed by atoms with E-state index >= 15 is 0 Å². The average molecular weight is 467 g/mol. The Labute approximate surface area is 198 Å². The summed E-state index contributed by atoms with van der Waals surface area (Å²) in [4.78, 5) is 31.0. The molecule has 2 heterocycles. The number of nitrogens with zero attached hydrogens (tertiary/aromatic N) is 2. The Morgan fingerprint density at radius 1 is 0.941 bits per heavy atom. The van der Waals surface area contributed by atoms with Gasteiger partial charge in [-0.05, 0) is 68.9 Å². The Kier molecular flexibility index (Phi) is 6.27. The van der Waals surface area contributed by atoms with Gasteiger partial charge in [0.05, 0.1) is 38.3 Å². The number of likely N-dealkylation sites (N-methyl/N-ethyl adjacent to an activating group) is 1. The van der Waals surface area contributed by atoms with Crippen LogP contribution in [0.25, 0.3) is 11.0 Å². The first-order valence-electron chi connectivity index (χ1n) is 11.0. The van der Waals surface area contributed by atoms with Crippen molar-refractivity contribution in [1.29, 1.82) is 0 Å². The van der Waals surface area contributed by atoms with Crippen LogP contribution in [0.1, 0.15) is 38.9 Å². The summed E-state index contributed by atoms with van der Waals surface area (Å²) in [6, 6.07) is 6.55. The highest BCUT2D eigenvalue weighted by Gasteiger charge is 2.43. The lowest BCUT2D eigenvalue weighted by Gasteiger charge is -2.27. The zero-order chi connectivity index (χ0) is 24.7. The maximum Gasteiger partial charge on any atom is 0.290 e. The van der Waals surface area contributed by atoms with Gasteiger partial charge in [-0.3, -0.25) is 9.59 Å². The molecule has 0 aliphatic carbocycles. The summed E-state index contributed by atoms with van der Waals surface area (Å²) in [6.45, 7) is 4.93. The Hall–Kier alpha value is -3.52. The molecule has 0 saturated carbocycles. The van der Waals surface area contributed by atoms with Gasteiger partial charge in [0.15, 0.2) is 16.9 Å². The van der Waals surface area contributed by atoms with Gasteiger partial charge in [-0.25, -0.2) is 0 Å². The maximum absolute atomic E-state index is 13.8. The van der Waals surface area contributed by atoms with E-state index in [1.54, 1.807) is 17.0 Å². The van der Waals surface area contributed by atoms with Crippen molar-refractivity contribution >= 4 is 16.9 Å². The van der Waals surface area contributed by atoms with Gasteiger partial charge in [-0.2, -0.15) is 0 Å². The van der Waals surface area contributed by atoms with Crippen LogP contribution in [0.4, 0.5) is 0 Å². The fraction of sp³-hybridized carbons (Fsp3) is 0.385. The molecule has 0 N–H and O–H groups in total. The first-order valence-corrected chi connectivity index (χ1v) is 11.0. The van der Waals surface area contributed by atoms with E-state index in [-0.39, 0.29) is 17.1 Å². The molecule has 4 rings (SSSR count). The summed E-state index contributed by atoms with van der Waals surface area (Å²) in [5.74, 6) is 1.10. The molecule has 1 aromatic heterocycles. The van der Waals surface area contributed by atoms with Crippen LogP contribution in [0.15, 0.2) is 33.5 Å². The van der Waals surface area contributed by atoms with Crippen molar-refractivity contribution in [3.8, 4) is 17.2 Å². The highest BCUT2D eigenvalue weighted by Crippen LogP contribution is 2.45. The average Bonchev–Trinajstić information content (AvgIpc) is 3.09. The number of benzene rings is 2. The SMILES string of the molecule is COc1cc(C2c3c(oc4cc(C)c(C)cc4c3=O)C(=O)N2CCN(C)C)cc(OC)c1OC. The third-order valence-electron chi connectivity index (χ3n) is 6.37. The molecular weight excluding hydrogens is 436 g/mol. The number of carbonyl (C=O) groups is 1. The van der Waals surface area contributed by atoms with E-state index in [1.807, 2.05) is 45.0 Å². The fourth-order valence-corrected chi connectivity index (χ4v) is 4.42. The molecule has 1 unspecified atom stereocenters. The largest absolute Gasteiger partial charge is 0.493 e. The van der Waals surface area contributed by atoms with Gasteiger partial charge >= 0.3 is 0 Å². The van der Waals surface area contributed by atoms with Gasteiger partial charge in [0.2, 0.25) is 11.5 Å². The van der Waals surface area contributed by atoms with Crippen molar-refractivity contribution in [2.75, 3.05) is 48.5 Å². The number of ether oxygens (including phenoxy) is 3. The number of hydrogen-bond donors (Lipinski definition) is 0. The first-order chi connectivity index (χ1) is 16.2. The first kappa shape index (κ1) is 23.6. The minimum atomic E-state index is -0.654. The quantitative estimate of drug-likeness (QED) is 0.527. The summed E-state index contributed by atoms with van der Waals surface area (Å²) >= 11 is 0. The fourth-order valence-electron chi connectivity index (χ4n) is 4.42. The monoisotopic (exact) mass is 466 g/mol. The number of hydrogen-bond acceptors (Lipinski definition) is 7. The van der Waals surface area contributed by atoms with Crippen molar-refractivity contribution in [2.45, 2.75) is 19.9 Å². The smallest absolute Gasteiger partial charge is 0.290 e. The molecule has 1 amide bonds. The van der Waals surface area contributed by atoms with E-state index in [1.165, 1.54) is 21.3 Å². The van der Waals surface area contributed by atoms with Crippen molar-refractivity contribution < 1.29 is 23.4 Å². The molecule has 0 fully saturated rings. The minimum Gasteiger partial charge on any atom is -0.493 e. The highest BCUT2D eigenvalue weighted by atomic mass is 16.5. The van der Waals surface area contributed by atoms with Crippen LogP contribution >= 0.6 is 0 Å². The lowest BCUT2D eigenvalue weighted by Crippen LogP contribution is -2.35. The second-order valence-electron chi connectivity index (χ2n) is 8.77. The summed E-state index contributed by atoms with van der Waals surface area (Å²) < 4.78 is 22.6. The van der Waals surface area contributed by atoms with Crippen LogP contribution in [0.5, 0.6) is 17.2 Å². The maximum atomic E-state index is 13.8. The van der Waals surface area contributed by atoms with Gasteiger partial charge < -0.3 is 28.4 Å². The van der Waals surface area contributed by atoms with Crippen molar-refractivity contribution in [3.63, 3.8) is 0 Å². The summed E-state index contributed by atoms with van der Waals surface area (Å²) in [5.41, 5.74) is 3.19. The van der Waals surface area contributed by atoms with Gasteiger partial charge in [0.25, 0.3) is 5.91 Å². The molecule has 180 valence electrons. The lowest BCUT2D eigenvalue weighted by molar-refractivity contribution is 0.0716. The summed E-state index contributed by atoms with van der Waals surface area (Å²) in [5, 5.41) is 0.460. The van der Waals surface area contributed by atoms with E-state index in [4.69, 9.17) is 18.6 Å². The molecule has 8 heteroatoms. The number of amides is 1. The Morgan fingerprint density at radius 2 is 1.56 bits per heavy atom. The van der Waals surface area contributed by atoms with Crippen LogP contribution < -0.4 is 19.6 Å². The highest BCUT2D eigenvalue weighted by molar-refractivity contribution is 5.99. The molecular formula is C26H30N2O6. The molecule has 0 radical (unpaired) electrons. The molecule has 0 spiro atoms. The van der Waals surface area contributed by atoms with Crippen LogP contribution in [0.2, 0.25) is 0 Å².